The molecule has 0 aliphatic carbocycles. The summed E-state index contributed by atoms with van der Waals surface area (Å²) in [6, 6.07) is -1.73. The molecule has 0 aromatic carbocycles. The average Bonchev–Trinajstić information content (AvgIpc) is 2.31. The topological polar surface area (TPSA) is 131 Å². The zero-order valence-electron chi connectivity index (χ0n) is 11.1. The Morgan fingerprint density at radius 3 is 2.47 bits per heavy atom. The average molecular weight is 275 g/mol. The number of amides is 3. The Morgan fingerprint density at radius 2 is 2.00 bits per heavy atom. The van der Waals surface area contributed by atoms with Crippen molar-refractivity contribution < 1.29 is 24.2 Å². The maximum Gasteiger partial charge on any atom is 0.326 e. The van der Waals surface area contributed by atoms with Gasteiger partial charge in [0.2, 0.25) is 5.91 Å². The van der Waals surface area contributed by atoms with Gasteiger partial charge in [-0.25, -0.2) is 9.59 Å². The van der Waals surface area contributed by atoms with Crippen LogP contribution < -0.4 is 16.4 Å². The molecule has 0 saturated carbocycles. The third-order valence-electron chi connectivity index (χ3n) is 2.35. The van der Waals surface area contributed by atoms with Crippen LogP contribution in [0.15, 0.2) is 0 Å². The number of carbonyl (C=O) groups is 3. The van der Waals surface area contributed by atoms with Crippen LogP contribution in [0.1, 0.15) is 19.8 Å². The molecule has 1 unspecified atom stereocenters. The summed E-state index contributed by atoms with van der Waals surface area (Å²) in [6.07, 6.45) is -0.136. The number of ether oxygens (including phenoxy) is 1. The Kier molecular flexibility index (Phi) is 8.27. The zero-order chi connectivity index (χ0) is 14.8. The summed E-state index contributed by atoms with van der Waals surface area (Å²) in [4.78, 5) is 32.9. The molecule has 0 bridgehead atoms. The minimum Gasteiger partial charge on any atom is -0.480 e. The van der Waals surface area contributed by atoms with Crippen LogP contribution in [0.2, 0.25) is 0 Å². The van der Waals surface area contributed by atoms with Crippen molar-refractivity contribution in [1.82, 2.24) is 10.6 Å². The molecule has 0 radical (unpaired) electrons. The molecule has 5 N–H and O–H groups in total. The van der Waals surface area contributed by atoms with Crippen LogP contribution in [0.25, 0.3) is 0 Å². The van der Waals surface area contributed by atoms with E-state index in [9.17, 15) is 14.4 Å². The van der Waals surface area contributed by atoms with E-state index >= 15 is 0 Å². The van der Waals surface area contributed by atoms with Gasteiger partial charge in [-0.3, -0.25) is 4.79 Å². The van der Waals surface area contributed by atoms with Crippen molar-refractivity contribution in [3.05, 3.63) is 0 Å². The predicted molar refractivity (Wildman–Crippen MR) is 67.4 cm³/mol. The second-order valence-electron chi connectivity index (χ2n) is 4.31. The molecule has 0 saturated heterocycles. The third-order valence-corrected chi connectivity index (χ3v) is 2.35. The first-order valence-corrected chi connectivity index (χ1v) is 5.91. The normalized spacial score (nSPS) is 13.4. The number of aliphatic carboxylic acids is 1. The fraction of sp³-hybridized carbons (Fsp3) is 0.727. The van der Waals surface area contributed by atoms with Crippen LogP contribution in [-0.4, -0.2) is 49.3 Å². The SMILES string of the molecule is COCC(C)CNC(=O)N[C@@H](CCC(N)=O)C(=O)O. The quantitative estimate of drug-likeness (QED) is 0.441. The molecular weight excluding hydrogens is 254 g/mol. The van der Waals surface area contributed by atoms with Crippen molar-refractivity contribution in [3.8, 4) is 0 Å². The molecule has 19 heavy (non-hydrogen) atoms. The Morgan fingerprint density at radius 1 is 1.37 bits per heavy atom. The summed E-state index contributed by atoms with van der Waals surface area (Å²) < 4.78 is 4.90. The highest BCUT2D eigenvalue weighted by Crippen LogP contribution is 1.98. The number of hydrogen-bond acceptors (Lipinski definition) is 4. The molecule has 2 atom stereocenters. The molecule has 0 fully saturated rings. The maximum atomic E-state index is 11.5. The molecule has 0 heterocycles. The molecule has 8 nitrogen and oxygen atoms in total. The number of hydrogen-bond donors (Lipinski definition) is 4. The molecule has 0 aromatic heterocycles. The zero-order valence-corrected chi connectivity index (χ0v) is 11.1. The lowest BCUT2D eigenvalue weighted by Gasteiger charge is -2.16. The number of nitrogens with two attached hydrogens (primary N) is 1. The van der Waals surface area contributed by atoms with E-state index in [1.165, 1.54) is 0 Å². The number of rotatable bonds is 9. The van der Waals surface area contributed by atoms with Crippen LogP contribution in [0.3, 0.4) is 0 Å². The van der Waals surface area contributed by atoms with Crippen molar-refractivity contribution in [3.63, 3.8) is 0 Å². The number of carboxylic acid groups (broad SMARTS) is 1. The third kappa shape index (κ3) is 8.83. The van der Waals surface area contributed by atoms with Gasteiger partial charge in [-0.15, -0.1) is 0 Å². The van der Waals surface area contributed by atoms with Crippen molar-refractivity contribution in [1.29, 1.82) is 0 Å². The second kappa shape index (κ2) is 9.15. The Labute approximate surface area is 111 Å². The standard InChI is InChI=1S/C11H21N3O5/c1-7(6-19-2)5-13-11(18)14-8(10(16)17)3-4-9(12)15/h7-8H,3-6H2,1-2H3,(H2,12,15)(H,16,17)(H2,13,14,18)/t7?,8-/m0/s1. The number of carbonyl (C=O) groups excluding carboxylic acids is 2. The van der Waals surface area contributed by atoms with E-state index in [2.05, 4.69) is 10.6 Å². The van der Waals surface area contributed by atoms with E-state index in [1.54, 1.807) is 7.11 Å². The Balaban J connectivity index is 4.10. The second-order valence-corrected chi connectivity index (χ2v) is 4.31. The van der Waals surface area contributed by atoms with Gasteiger partial charge < -0.3 is 26.2 Å². The summed E-state index contributed by atoms with van der Waals surface area (Å²) in [5.74, 6) is -1.70. The first kappa shape index (κ1) is 17.2. The molecule has 0 aliphatic rings. The first-order valence-electron chi connectivity index (χ1n) is 5.91. The summed E-state index contributed by atoms with van der Waals surface area (Å²) in [7, 11) is 1.56. The molecule has 3 amide bonds. The number of methoxy groups -OCH3 is 1. The highest BCUT2D eigenvalue weighted by atomic mass is 16.5. The molecule has 0 aromatic rings. The van der Waals surface area contributed by atoms with E-state index in [4.69, 9.17) is 15.6 Å². The number of primary amides is 1. The smallest absolute Gasteiger partial charge is 0.326 e. The van der Waals surface area contributed by atoms with E-state index in [1.807, 2.05) is 6.92 Å². The van der Waals surface area contributed by atoms with Crippen LogP contribution >= 0.6 is 0 Å². The van der Waals surface area contributed by atoms with Crippen molar-refractivity contribution in [2.24, 2.45) is 11.7 Å². The van der Waals surface area contributed by atoms with Gasteiger partial charge in [0.25, 0.3) is 0 Å². The summed E-state index contributed by atoms with van der Waals surface area (Å²) in [5.41, 5.74) is 4.93. The lowest BCUT2D eigenvalue weighted by molar-refractivity contribution is -0.139. The fourth-order valence-corrected chi connectivity index (χ4v) is 1.36. The van der Waals surface area contributed by atoms with Crippen LogP contribution in [0.5, 0.6) is 0 Å². The molecule has 0 rings (SSSR count). The Bertz CT molecular complexity index is 321. The van der Waals surface area contributed by atoms with E-state index in [-0.39, 0.29) is 18.8 Å². The van der Waals surface area contributed by atoms with Crippen molar-refractivity contribution in [2.75, 3.05) is 20.3 Å². The van der Waals surface area contributed by atoms with Gasteiger partial charge in [-0.2, -0.15) is 0 Å². The van der Waals surface area contributed by atoms with Crippen LogP contribution in [0, 0.1) is 5.92 Å². The van der Waals surface area contributed by atoms with E-state index < -0.39 is 23.9 Å². The van der Waals surface area contributed by atoms with Crippen molar-refractivity contribution in [2.45, 2.75) is 25.8 Å². The van der Waals surface area contributed by atoms with Gasteiger partial charge in [0.05, 0.1) is 6.61 Å². The summed E-state index contributed by atoms with van der Waals surface area (Å²) in [6.45, 7) is 2.73. The number of urea groups is 1. The minimum atomic E-state index is -1.21. The highest BCUT2D eigenvalue weighted by Gasteiger charge is 2.20. The summed E-state index contributed by atoms with van der Waals surface area (Å²) >= 11 is 0. The molecular formula is C11H21N3O5. The van der Waals surface area contributed by atoms with Gasteiger partial charge >= 0.3 is 12.0 Å². The van der Waals surface area contributed by atoms with Gasteiger partial charge in [0.1, 0.15) is 6.04 Å². The van der Waals surface area contributed by atoms with Crippen molar-refractivity contribution >= 4 is 17.9 Å². The highest BCUT2D eigenvalue weighted by molar-refractivity contribution is 5.83. The van der Waals surface area contributed by atoms with Gasteiger partial charge in [-0.1, -0.05) is 6.92 Å². The number of nitrogens with one attached hydrogen (secondary N) is 2. The monoisotopic (exact) mass is 275 g/mol. The molecule has 110 valence electrons. The maximum absolute atomic E-state index is 11.5. The molecule has 0 spiro atoms. The van der Waals surface area contributed by atoms with E-state index in [0.717, 1.165) is 0 Å². The number of carboxylic acids is 1. The lowest BCUT2D eigenvalue weighted by atomic mass is 10.1. The van der Waals surface area contributed by atoms with Crippen LogP contribution in [0.4, 0.5) is 4.79 Å². The predicted octanol–water partition coefficient (Wildman–Crippen LogP) is -0.713. The Hall–Kier alpha value is -1.83. The largest absolute Gasteiger partial charge is 0.480 e. The minimum absolute atomic E-state index is 0.0360. The molecule has 0 aliphatic heterocycles. The van der Waals surface area contributed by atoms with Gasteiger partial charge in [0, 0.05) is 20.1 Å². The first-order chi connectivity index (χ1) is 8.86. The molecule has 8 heteroatoms. The fourth-order valence-electron chi connectivity index (χ4n) is 1.36. The van der Waals surface area contributed by atoms with Gasteiger partial charge in [0.15, 0.2) is 0 Å². The van der Waals surface area contributed by atoms with Gasteiger partial charge in [-0.05, 0) is 12.3 Å². The van der Waals surface area contributed by atoms with E-state index in [0.29, 0.717) is 13.2 Å². The summed E-state index contributed by atoms with van der Waals surface area (Å²) in [5, 5.41) is 13.7. The lowest BCUT2D eigenvalue weighted by Crippen LogP contribution is -2.47. The van der Waals surface area contributed by atoms with Crippen LogP contribution in [-0.2, 0) is 14.3 Å².